The fourth-order valence-electron chi connectivity index (χ4n) is 1.67. The maximum Gasteiger partial charge on any atom is 0.338 e. The summed E-state index contributed by atoms with van der Waals surface area (Å²) < 4.78 is 9.96. The van der Waals surface area contributed by atoms with Crippen molar-refractivity contribution < 1.29 is 18.7 Å². The molecule has 0 aliphatic heterocycles. The topological polar surface area (TPSA) is 68.5 Å². The second-order valence-electron chi connectivity index (χ2n) is 4.20. The number of nitrogens with one attached hydrogen (secondary N) is 1. The van der Waals surface area contributed by atoms with Gasteiger partial charge in [0.2, 0.25) is 0 Å². The highest BCUT2D eigenvalue weighted by atomic mass is 16.5. The monoisotopic (exact) mass is 273 g/mol. The molecular formula is C15H15NO4. The van der Waals surface area contributed by atoms with Crippen LogP contribution in [0.2, 0.25) is 0 Å². The van der Waals surface area contributed by atoms with Crippen LogP contribution in [0.15, 0.2) is 41.0 Å². The number of amides is 1. The van der Waals surface area contributed by atoms with Gasteiger partial charge in [0.05, 0.1) is 17.7 Å². The molecule has 0 spiro atoms. The van der Waals surface area contributed by atoms with Crippen LogP contribution in [0, 0.1) is 6.92 Å². The van der Waals surface area contributed by atoms with Crippen molar-refractivity contribution in [2.75, 3.05) is 11.9 Å². The van der Waals surface area contributed by atoms with Crippen LogP contribution in [0.3, 0.4) is 0 Å². The molecule has 2 aromatic rings. The predicted octanol–water partition coefficient (Wildman–Crippen LogP) is 3.02. The number of aryl methyl sites for hydroxylation is 1. The van der Waals surface area contributed by atoms with E-state index in [0.717, 1.165) is 0 Å². The number of hydrogen-bond donors (Lipinski definition) is 1. The first-order valence-electron chi connectivity index (χ1n) is 6.24. The third-order valence-corrected chi connectivity index (χ3v) is 2.65. The zero-order valence-corrected chi connectivity index (χ0v) is 11.3. The Kier molecular flexibility index (Phi) is 4.20. The van der Waals surface area contributed by atoms with E-state index in [1.54, 1.807) is 44.2 Å². The maximum absolute atomic E-state index is 11.9. The van der Waals surface area contributed by atoms with Crippen molar-refractivity contribution >= 4 is 17.6 Å². The molecule has 1 heterocycles. The Morgan fingerprint density at radius 3 is 2.45 bits per heavy atom. The zero-order chi connectivity index (χ0) is 14.5. The van der Waals surface area contributed by atoms with Crippen LogP contribution in [-0.2, 0) is 4.74 Å². The first kappa shape index (κ1) is 13.9. The molecule has 1 aromatic carbocycles. The van der Waals surface area contributed by atoms with Crippen LogP contribution in [-0.4, -0.2) is 18.5 Å². The lowest BCUT2D eigenvalue weighted by atomic mass is 10.2. The number of ether oxygens (including phenoxy) is 1. The van der Waals surface area contributed by atoms with Crippen molar-refractivity contribution in [2.24, 2.45) is 0 Å². The lowest BCUT2D eigenvalue weighted by Crippen LogP contribution is -2.11. The molecule has 0 radical (unpaired) electrons. The van der Waals surface area contributed by atoms with Gasteiger partial charge in [0, 0.05) is 5.69 Å². The minimum Gasteiger partial charge on any atom is -0.469 e. The summed E-state index contributed by atoms with van der Waals surface area (Å²) >= 11 is 0. The summed E-state index contributed by atoms with van der Waals surface area (Å²) in [6.45, 7) is 3.85. The molecule has 1 aromatic heterocycles. The van der Waals surface area contributed by atoms with Crippen LogP contribution >= 0.6 is 0 Å². The molecule has 20 heavy (non-hydrogen) atoms. The van der Waals surface area contributed by atoms with Crippen LogP contribution in [0.4, 0.5) is 5.69 Å². The lowest BCUT2D eigenvalue weighted by molar-refractivity contribution is 0.0526. The summed E-state index contributed by atoms with van der Waals surface area (Å²) in [7, 11) is 0. The van der Waals surface area contributed by atoms with E-state index < -0.39 is 0 Å². The largest absolute Gasteiger partial charge is 0.469 e. The van der Waals surface area contributed by atoms with Gasteiger partial charge >= 0.3 is 5.97 Å². The van der Waals surface area contributed by atoms with Crippen molar-refractivity contribution in [1.29, 1.82) is 0 Å². The standard InChI is InChI=1S/C15H15NO4/c1-3-19-15(18)11-4-6-13(7-5-11)16-14(17)12-8-10(2)20-9-12/h4-9H,3H2,1-2H3,(H,16,17). The molecule has 0 bridgehead atoms. The number of rotatable bonds is 4. The Bertz CT molecular complexity index is 613. The summed E-state index contributed by atoms with van der Waals surface area (Å²) in [6.07, 6.45) is 1.40. The summed E-state index contributed by atoms with van der Waals surface area (Å²) in [6, 6.07) is 8.17. The quantitative estimate of drug-likeness (QED) is 0.869. The SMILES string of the molecule is CCOC(=O)c1ccc(NC(=O)c2coc(C)c2)cc1. The number of anilines is 1. The van der Waals surface area contributed by atoms with E-state index in [1.807, 2.05) is 0 Å². The fraction of sp³-hybridized carbons (Fsp3) is 0.200. The molecule has 0 aliphatic rings. The van der Waals surface area contributed by atoms with Gasteiger partial charge in [-0.3, -0.25) is 4.79 Å². The minimum absolute atomic E-state index is 0.259. The van der Waals surface area contributed by atoms with E-state index >= 15 is 0 Å². The first-order chi connectivity index (χ1) is 9.60. The molecule has 0 saturated carbocycles. The Morgan fingerprint density at radius 1 is 1.20 bits per heavy atom. The van der Waals surface area contributed by atoms with Gasteiger partial charge in [0.15, 0.2) is 0 Å². The van der Waals surface area contributed by atoms with E-state index in [1.165, 1.54) is 6.26 Å². The molecule has 1 amide bonds. The van der Waals surface area contributed by atoms with Gasteiger partial charge in [-0.15, -0.1) is 0 Å². The Morgan fingerprint density at radius 2 is 1.90 bits per heavy atom. The number of carbonyl (C=O) groups excluding carboxylic acids is 2. The fourth-order valence-corrected chi connectivity index (χ4v) is 1.67. The van der Waals surface area contributed by atoms with Crippen molar-refractivity contribution in [3.05, 3.63) is 53.5 Å². The van der Waals surface area contributed by atoms with Crippen LogP contribution < -0.4 is 5.32 Å². The molecule has 0 saturated heterocycles. The molecule has 0 aliphatic carbocycles. The second-order valence-corrected chi connectivity index (χ2v) is 4.20. The number of benzene rings is 1. The van der Waals surface area contributed by atoms with E-state index in [9.17, 15) is 9.59 Å². The molecule has 104 valence electrons. The average molecular weight is 273 g/mol. The average Bonchev–Trinajstić information content (AvgIpc) is 2.86. The van der Waals surface area contributed by atoms with Crippen LogP contribution in [0.1, 0.15) is 33.4 Å². The lowest BCUT2D eigenvalue weighted by Gasteiger charge is -2.05. The van der Waals surface area contributed by atoms with Gasteiger partial charge in [-0.2, -0.15) is 0 Å². The summed E-state index contributed by atoms with van der Waals surface area (Å²) in [5, 5.41) is 2.72. The van der Waals surface area contributed by atoms with Crippen LogP contribution in [0.5, 0.6) is 0 Å². The number of furan rings is 1. The molecule has 0 atom stereocenters. The Hall–Kier alpha value is -2.56. The van der Waals surface area contributed by atoms with E-state index in [4.69, 9.17) is 9.15 Å². The summed E-state index contributed by atoms with van der Waals surface area (Å²) in [5.41, 5.74) is 1.50. The smallest absolute Gasteiger partial charge is 0.338 e. The number of esters is 1. The van der Waals surface area contributed by atoms with Gasteiger partial charge in [-0.1, -0.05) is 0 Å². The maximum atomic E-state index is 11.9. The van der Waals surface area contributed by atoms with Gasteiger partial charge in [0.25, 0.3) is 5.91 Å². The molecular weight excluding hydrogens is 258 g/mol. The minimum atomic E-state index is -0.379. The normalized spacial score (nSPS) is 10.1. The summed E-state index contributed by atoms with van der Waals surface area (Å²) in [5.74, 6) is 0.0365. The van der Waals surface area contributed by atoms with Crippen molar-refractivity contribution in [2.45, 2.75) is 13.8 Å². The molecule has 0 fully saturated rings. The van der Waals surface area contributed by atoms with Crippen LogP contribution in [0.25, 0.3) is 0 Å². The first-order valence-corrected chi connectivity index (χ1v) is 6.24. The highest BCUT2D eigenvalue weighted by molar-refractivity contribution is 6.04. The highest BCUT2D eigenvalue weighted by Gasteiger charge is 2.10. The summed E-state index contributed by atoms with van der Waals surface area (Å²) in [4.78, 5) is 23.4. The molecule has 1 N–H and O–H groups in total. The Balaban J connectivity index is 2.04. The second kappa shape index (κ2) is 6.06. The highest BCUT2D eigenvalue weighted by Crippen LogP contribution is 2.13. The predicted molar refractivity (Wildman–Crippen MR) is 73.8 cm³/mol. The van der Waals surface area contributed by atoms with Crippen molar-refractivity contribution in [3.8, 4) is 0 Å². The van der Waals surface area contributed by atoms with Gasteiger partial charge in [-0.25, -0.2) is 4.79 Å². The number of hydrogen-bond acceptors (Lipinski definition) is 4. The number of carbonyl (C=O) groups is 2. The van der Waals surface area contributed by atoms with E-state index in [2.05, 4.69) is 5.32 Å². The van der Waals surface area contributed by atoms with Gasteiger partial charge < -0.3 is 14.5 Å². The van der Waals surface area contributed by atoms with E-state index in [0.29, 0.717) is 29.2 Å². The third kappa shape index (κ3) is 3.26. The molecule has 5 nitrogen and oxygen atoms in total. The van der Waals surface area contributed by atoms with Crippen molar-refractivity contribution in [3.63, 3.8) is 0 Å². The third-order valence-electron chi connectivity index (χ3n) is 2.65. The zero-order valence-electron chi connectivity index (χ0n) is 11.3. The molecule has 0 unspecified atom stereocenters. The van der Waals surface area contributed by atoms with E-state index in [-0.39, 0.29) is 11.9 Å². The van der Waals surface area contributed by atoms with Crippen molar-refractivity contribution in [1.82, 2.24) is 0 Å². The Labute approximate surface area is 116 Å². The van der Waals surface area contributed by atoms with Gasteiger partial charge in [0.1, 0.15) is 12.0 Å². The molecule has 2 rings (SSSR count). The van der Waals surface area contributed by atoms with Gasteiger partial charge in [-0.05, 0) is 44.2 Å². The molecule has 5 heteroatoms.